The van der Waals surface area contributed by atoms with E-state index in [1.54, 1.807) is 6.07 Å². The summed E-state index contributed by atoms with van der Waals surface area (Å²) in [5.41, 5.74) is 11.5. The fourth-order valence-corrected chi connectivity index (χ4v) is 9.66. The molecule has 0 bridgehead atoms. The van der Waals surface area contributed by atoms with Crippen LogP contribution in [0.5, 0.6) is 0 Å². The van der Waals surface area contributed by atoms with Gasteiger partial charge in [0.2, 0.25) is 0 Å². The van der Waals surface area contributed by atoms with Gasteiger partial charge in [-0.1, -0.05) is 109 Å². The van der Waals surface area contributed by atoms with Crippen LogP contribution in [0.15, 0.2) is 164 Å². The third-order valence-electron chi connectivity index (χ3n) is 11.8. The second-order valence-electron chi connectivity index (χ2n) is 14.7. The zero-order valence-corrected chi connectivity index (χ0v) is 29.9. The van der Waals surface area contributed by atoms with Crippen LogP contribution in [0, 0.1) is 22.7 Å². The van der Waals surface area contributed by atoms with Crippen molar-refractivity contribution in [3.05, 3.63) is 180 Å². The van der Waals surface area contributed by atoms with E-state index in [-0.39, 0.29) is 12.0 Å². The zero-order chi connectivity index (χ0) is 36.6. The van der Waals surface area contributed by atoms with Gasteiger partial charge >= 0.3 is 0 Å². The minimum atomic E-state index is -0.144. The largest absolute Gasteiger partial charge is 0.331 e. The van der Waals surface area contributed by atoms with Gasteiger partial charge in [-0.05, 0) is 78.9 Å². The van der Waals surface area contributed by atoms with Crippen LogP contribution in [0.2, 0.25) is 0 Å². The Kier molecular flexibility index (Phi) is 6.87. The molecule has 55 heavy (non-hydrogen) atoms. The molecule has 1 aliphatic rings. The highest BCUT2D eigenvalue weighted by Crippen LogP contribution is 2.52. The monoisotopic (exact) mass is 703 g/mol. The molecule has 0 fully saturated rings. The molecule has 11 rings (SSSR count). The fraction of sp³-hybridized carbons (Fsp3) is 0.0800. The topological polar surface area (TPSA) is 62.4 Å². The number of benzene rings is 7. The van der Waals surface area contributed by atoms with Crippen LogP contribution in [0.4, 0.5) is 0 Å². The molecule has 0 saturated heterocycles. The van der Waals surface area contributed by atoms with Crippen molar-refractivity contribution in [2.75, 3.05) is 0 Å². The Hall–Kier alpha value is -7.34. The lowest BCUT2D eigenvalue weighted by Crippen LogP contribution is -2.26. The van der Waals surface area contributed by atoms with Gasteiger partial charge in [-0.15, -0.1) is 0 Å². The molecule has 1 aliphatic carbocycles. The molecule has 0 saturated carbocycles. The normalized spacial score (nSPS) is 16.1. The lowest BCUT2D eigenvalue weighted by Gasteiger charge is -2.38. The van der Waals surface area contributed by atoms with E-state index >= 15 is 0 Å². The van der Waals surface area contributed by atoms with Crippen LogP contribution in [0.3, 0.4) is 0 Å². The van der Waals surface area contributed by atoms with Crippen molar-refractivity contribution >= 4 is 76.8 Å². The first-order valence-corrected chi connectivity index (χ1v) is 18.8. The number of nitrogens with zero attached hydrogens (tertiary/aromatic N) is 5. The maximum absolute atomic E-state index is 10.1. The smallest absolute Gasteiger partial charge is 0.0992 e. The maximum atomic E-state index is 10.1. The molecule has 7 aromatic carbocycles. The van der Waals surface area contributed by atoms with Gasteiger partial charge in [0, 0.05) is 49.0 Å². The summed E-state index contributed by atoms with van der Waals surface area (Å²) < 4.78 is 7.62. The van der Waals surface area contributed by atoms with Crippen LogP contribution in [0.1, 0.15) is 41.5 Å². The third kappa shape index (κ3) is 4.57. The second kappa shape index (κ2) is 12.1. The van der Waals surface area contributed by atoms with Crippen molar-refractivity contribution in [2.24, 2.45) is 0 Å². The van der Waals surface area contributed by atoms with Crippen molar-refractivity contribution < 1.29 is 0 Å². The molecular weight excluding hydrogens is 671 g/mol. The van der Waals surface area contributed by atoms with Gasteiger partial charge in [0.05, 0.1) is 57.1 Å². The van der Waals surface area contributed by atoms with E-state index in [1.807, 2.05) is 12.1 Å². The highest BCUT2D eigenvalue weighted by atomic mass is 15.1. The molecule has 0 amide bonds. The molecule has 10 aromatic rings. The molecule has 0 aliphatic heterocycles. The van der Waals surface area contributed by atoms with Gasteiger partial charge in [-0.2, -0.15) is 10.5 Å². The van der Waals surface area contributed by atoms with E-state index in [0.717, 1.165) is 23.0 Å². The zero-order valence-electron chi connectivity index (χ0n) is 29.9. The Labute approximate surface area is 317 Å². The summed E-state index contributed by atoms with van der Waals surface area (Å²) in [6.45, 7) is 0. The molecule has 0 radical (unpaired) electrons. The number of aromatic nitrogens is 3. The molecule has 5 nitrogen and oxygen atoms in total. The highest BCUT2D eigenvalue weighted by Gasteiger charge is 2.37. The van der Waals surface area contributed by atoms with Crippen LogP contribution in [-0.2, 0) is 0 Å². The fourth-order valence-electron chi connectivity index (χ4n) is 9.66. The number of hydrogen-bond acceptors (Lipinski definition) is 2. The Morgan fingerprint density at radius 2 is 0.800 bits per heavy atom. The van der Waals surface area contributed by atoms with Crippen LogP contribution in [-0.4, -0.2) is 13.7 Å². The van der Waals surface area contributed by atoms with E-state index in [4.69, 9.17) is 0 Å². The summed E-state index contributed by atoms with van der Waals surface area (Å²) in [4.78, 5) is 0. The molecule has 3 heterocycles. The summed E-state index contributed by atoms with van der Waals surface area (Å²) in [6.07, 6.45) is 1.46. The predicted octanol–water partition coefficient (Wildman–Crippen LogP) is 12.4. The standard InChI is InChI=1S/C50H33N5/c51-30-32-25-33(31-52)27-34(26-32)35-28-48(53-42-19-7-1-13-36(42)37-14-2-8-20-43(37)53)50(55-46-23-11-5-17-40(46)41-18-6-12-24-47(41)55)49(29-35)54-44-21-9-3-15-38(44)39-16-4-10-22-45(39)54/h1-27,35,48H,28-29H2. The summed E-state index contributed by atoms with van der Waals surface area (Å²) in [5.74, 6) is -0.00269. The molecule has 0 N–H and O–H groups in total. The third-order valence-corrected chi connectivity index (χ3v) is 11.8. The maximum Gasteiger partial charge on any atom is 0.0992 e. The van der Waals surface area contributed by atoms with Crippen LogP contribution >= 0.6 is 0 Å². The Bertz CT molecular complexity index is 3130. The summed E-state index contributed by atoms with van der Waals surface area (Å²) in [5, 5.41) is 27.6. The summed E-state index contributed by atoms with van der Waals surface area (Å²) in [6, 6.07) is 62.9. The van der Waals surface area contributed by atoms with E-state index in [0.29, 0.717) is 17.5 Å². The molecule has 5 heteroatoms. The summed E-state index contributed by atoms with van der Waals surface area (Å²) in [7, 11) is 0. The van der Waals surface area contributed by atoms with Crippen molar-refractivity contribution in [3.8, 4) is 12.1 Å². The highest BCUT2D eigenvalue weighted by molar-refractivity contribution is 6.14. The molecular formula is C50H33N5. The predicted molar refractivity (Wildman–Crippen MR) is 225 cm³/mol. The number of nitriles is 2. The second-order valence-corrected chi connectivity index (χ2v) is 14.7. The average molecular weight is 704 g/mol. The SMILES string of the molecule is N#Cc1cc(C#N)cc(C2CC(n3c4ccccc4c4ccccc43)=C(n3c4ccccc4c4ccccc43)C(n3c4ccccc4c4ccccc43)C2)c1. The van der Waals surface area contributed by atoms with Gasteiger partial charge < -0.3 is 13.7 Å². The number of rotatable bonds is 4. The van der Waals surface area contributed by atoms with E-state index < -0.39 is 0 Å². The average Bonchev–Trinajstić information content (AvgIpc) is 3.89. The quantitative estimate of drug-likeness (QED) is 0.183. The first-order valence-electron chi connectivity index (χ1n) is 18.8. The Morgan fingerprint density at radius 1 is 0.436 bits per heavy atom. The Morgan fingerprint density at radius 3 is 1.22 bits per heavy atom. The van der Waals surface area contributed by atoms with Crippen molar-refractivity contribution in [2.45, 2.75) is 24.8 Å². The minimum Gasteiger partial charge on any atom is -0.331 e. The molecule has 2 atom stereocenters. The van der Waals surface area contributed by atoms with E-state index in [9.17, 15) is 10.5 Å². The number of allylic oxidation sites excluding steroid dienone is 2. The van der Waals surface area contributed by atoms with Crippen LogP contribution < -0.4 is 0 Å². The molecule has 3 aromatic heterocycles. The molecule has 0 spiro atoms. The van der Waals surface area contributed by atoms with Gasteiger partial charge in [0.25, 0.3) is 0 Å². The van der Waals surface area contributed by atoms with Crippen molar-refractivity contribution in [1.82, 2.24) is 13.7 Å². The van der Waals surface area contributed by atoms with Gasteiger partial charge in [-0.3, -0.25) is 0 Å². The Balaban J connectivity index is 1.35. The number of fused-ring (bicyclic) bond motifs is 9. The molecule has 2 unspecified atom stereocenters. The van der Waals surface area contributed by atoms with Gasteiger partial charge in [0.15, 0.2) is 0 Å². The van der Waals surface area contributed by atoms with Crippen molar-refractivity contribution in [3.63, 3.8) is 0 Å². The number of para-hydroxylation sites is 6. The van der Waals surface area contributed by atoms with E-state index in [2.05, 4.69) is 171 Å². The van der Waals surface area contributed by atoms with Gasteiger partial charge in [-0.25, -0.2) is 0 Å². The van der Waals surface area contributed by atoms with Crippen LogP contribution in [0.25, 0.3) is 76.8 Å². The molecule has 258 valence electrons. The minimum absolute atomic E-state index is 0.00269. The first kappa shape index (κ1) is 31.2. The lowest BCUT2D eigenvalue weighted by molar-refractivity contribution is 0.490. The van der Waals surface area contributed by atoms with Gasteiger partial charge in [0.1, 0.15) is 0 Å². The number of hydrogen-bond donors (Lipinski definition) is 0. The summed E-state index contributed by atoms with van der Waals surface area (Å²) >= 11 is 0. The van der Waals surface area contributed by atoms with E-state index in [1.165, 1.54) is 65.8 Å². The lowest BCUT2D eigenvalue weighted by atomic mass is 9.80. The first-order chi connectivity index (χ1) is 27.2. The van der Waals surface area contributed by atoms with Crippen molar-refractivity contribution in [1.29, 1.82) is 10.5 Å².